The zero-order chi connectivity index (χ0) is 30.4. The number of anilines is 3. The third-order valence-corrected chi connectivity index (χ3v) is 9.75. The molecule has 2 N–H and O–H groups in total. The predicted molar refractivity (Wildman–Crippen MR) is 171 cm³/mol. The Balaban J connectivity index is 1.12. The fourth-order valence-corrected chi connectivity index (χ4v) is 7.51. The molecule has 4 amide bonds. The van der Waals surface area contributed by atoms with Gasteiger partial charge in [0, 0.05) is 31.9 Å². The molecule has 0 bridgehead atoms. The number of thiophene rings is 1. The molecule has 5 heterocycles. The molecule has 2 saturated heterocycles. The van der Waals surface area contributed by atoms with Crippen molar-refractivity contribution in [3.63, 3.8) is 0 Å². The van der Waals surface area contributed by atoms with Crippen LogP contribution in [0.4, 0.5) is 21.9 Å². The van der Waals surface area contributed by atoms with Crippen LogP contribution in [0.1, 0.15) is 34.5 Å². The number of aromatic nitrogens is 1. The Bertz CT molecular complexity index is 1760. The minimum absolute atomic E-state index is 0.0281. The van der Waals surface area contributed by atoms with Crippen molar-refractivity contribution in [2.75, 3.05) is 43.4 Å². The van der Waals surface area contributed by atoms with Gasteiger partial charge in [-0.25, -0.2) is 9.78 Å². The van der Waals surface area contributed by atoms with Gasteiger partial charge in [0.2, 0.25) is 5.91 Å². The van der Waals surface area contributed by atoms with Crippen LogP contribution in [-0.2, 0) is 4.79 Å². The van der Waals surface area contributed by atoms with E-state index in [1.165, 1.54) is 11.3 Å². The number of amides is 4. The highest BCUT2D eigenvalue weighted by atomic mass is 32.1. The summed E-state index contributed by atoms with van der Waals surface area (Å²) < 4.78 is 5.99. The fraction of sp³-hybridized carbons (Fsp3) is 0.333. The average molecular weight is 611 g/mol. The number of benzene rings is 2. The second kappa shape index (κ2) is 11.5. The molecule has 0 saturated carbocycles. The molecule has 3 aliphatic rings. The first-order chi connectivity index (χ1) is 21.4. The monoisotopic (exact) mass is 610 g/mol. The van der Waals surface area contributed by atoms with Crippen LogP contribution in [-0.4, -0.2) is 71.9 Å². The zero-order valence-electron chi connectivity index (χ0n) is 24.7. The molecule has 2 aromatic heterocycles. The van der Waals surface area contributed by atoms with Crippen LogP contribution in [0.2, 0.25) is 0 Å². The molecule has 0 aliphatic carbocycles. The molecule has 0 radical (unpaired) electrons. The third-order valence-electron chi connectivity index (χ3n) is 8.65. The van der Waals surface area contributed by atoms with Crippen LogP contribution in [0.25, 0.3) is 10.2 Å². The van der Waals surface area contributed by atoms with Crippen molar-refractivity contribution in [1.82, 2.24) is 20.1 Å². The molecule has 11 heteroatoms. The lowest BCUT2D eigenvalue weighted by atomic mass is 10.0. The van der Waals surface area contributed by atoms with Gasteiger partial charge in [-0.2, -0.15) is 0 Å². The largest absolute Gasteiger partial charge is 0.457 e. The van der Waals surface area contributed by atoms with E-state index in [9.17, 15) is 14.4 Å². The Morgan fingerprint density at radius 3 is 2.64 bits per heavy atom. The van der Waals surface area contributed by atoms with Gasteiger partial charge in [-0.05, 0) is 81.7 Å². The number of aryl methyl sites for hydroxylation is 1. The van der Waals surface area contributed by atoms with Gasteiger partial charge in [-0.15, -0.1) is 11.3 Å². The maximum atomic E-state index is 13.7. The van der Waals surface area contributed by atoms with E-state index in [0.717, 1.165) is 55.6 Å². The maximum Gasteiger partial charge on any atom is 0.331 e. The Morgan fingerprint density at radius 1 is 1.02 bits per heavy atom. The molecule has 2 fully saturated rings. The number of ether oxygens (including phenoxy) is 1. The molecule has 226 valence electrons. The number of urea groups is 1. The van der Waals surface area contributed by atoms with E-state index >= 15 is 0 Å². The third kappa shape index (κ3) is 5.26. The first kappa shape index (κ1) is 28.3. The second-order valence-electron chi connectivity index (χ2n) is 11.8. The van der Waals surface area contributed by atoms with Crippen LogP contribution in [0.3, 0.4) is 0 Å². The zero-order valence-corrected chi connectivity index (χ0v) is 25.5. The van der Waals surface area contributed by atoms with Gasteiger partial charge in [0.15, 0.2) is 0 Å². The highest BCUT2D eigenvalue weighted by Gasteiger charge is 2.36. The van der Waals surface area contributed by atoms with Gasteiger partial charge in [0.25, 0.3) is 5.91 Å². The summed E-state index contributed by atoms with van der Waals surface area (Å²) in [5.74, 6) is 1.35. The summed E-state index contributed by atoms with van der Waals surface area (Å²) in [6.07, 6.45) is 4.18. The molecule has 3 aliphatic heterocycles. The number of pyridine rings is 1. The number of carbonyl (C=O) groups is 3. The Morgan fingerprint density at radius 2 is 1.86 bits per heavy atom. The summed E-state index contributed by atoms with van der Waals surface area (Å²) in [6.45, 7) is 4.87. The lowest BCUT2D eigenvalue weighted by Crippen LogP contribution is -2.51. The van der Waals surface area contributed by atoms with Crippen molar-refractivity contribution < 1.29 is 19.1 Å². The molecule has 2 aromatic carbocycles. The number of hydrogen-bond donors (Lipinski definition) is 2. The van der Waals surface area contributed by atoms with Gasteiger partial charge in [-0.3, -0.25) is 14.5 Å². The van der Waals surface area contributed by atoms with E-state index in [2.05, 4.69) is 20.5 Å². The van der Waals surface area contributed by atoms with E-state index in [-0.39, 0.29) is 29.8 Å². The summed E-state index contributed by atoms with van der Waals surface area (Å²) in [5.41, 5.74) is 2.71. The summed E-state index contributed by atoms with van der Waals surface area (Å²) in [4.78, 5) is 51.8. The van der Waals surface area contributed by atoms with E-state index in [4.69, 9.17) is 4.74 Å². The summed E-state index contributed by atoms with van der Waals surface area (Å²) >= 11 is 1.26. The van der Waals surface area contributed by atoms with Gasteiger partial charge < -0.3 is 25.2 Å². The molecule has 0 unspecified atom stereocenters. The van der Waals surface area contributed by atoms with Crippen LogP contribution in [0.15, 0.2) is 60.8 Å². The number of likely N-dealkylation sites (tertiary alicyclic amines) is 2. The number of nitrogens with zero attached hydrogens (tertiary/aromatic N) is 4. The van der Waals surface area contributed by atoms with Crippen molar-refractivity contribution in [1.29, 1.82) is 0 Å². The summed E-state index contributed by atoms with van der Waals surface area (Å²) in [6, 6.07) is 16.4. The lowest BCUT2D eigenvalue weighted by Gasteiger charge is -2.34. The van der Waals surface area contributed by atoms with Gasteiger partial charge in [0.1, 0.15) is 21.2 Å². The SMILES string of the molecule is Cc1cc(Oc2ccccc2)ccc1N1C(=O)Nc2c(C(=O)N[C@@H]3CCCN(C(=O)[C@H]4CCN(C)C4)C3)sc3nccc1c23. The smallest absolute Gasteiger partial charge is 0.331 e. The van der Waals surface area contributed by atoms with E-state index in [0.29, 0.717) is 39.1 Å². The number of rotatable bonds is 6. The Labute approximate surface area is 259 Å². The standard InChI is InChI=1S/C33H34N6O4S/c1-20-17-24(43-23-8-4-3-5-9-23)10-11-25(20)39-26-12-14-34-31-27(26)28(36-33(39)42)29(44-31)30(40)35-22-7-6-15-38(19-22)32(41)21-13-16-37(2)18-21/h3-5,8-12,14,17,21-22H,6-7,13,15-16,18-19H2,1-2H3,(H,35,40)(H,36,42)/t21-,22+/m0/s1. The van der Waals surface area contributed by atoms with Crippen molar-refractivity contribution in [3.05, 3.63) is 71.2 Å². The van der Waals surface area contributed by atoms with Crippen molar-refractivity contribution in [2.24, 2.45) is 5.92 Å². The second-order valence-corrected chi connectivity index (χ2v) is 12.8. The molecule has 2 atom stereocenters. The minimum atomic E-state index is -0.353. The summed E-state index contributed by atoms with van der Waals surface area (Å²) in [5, 5.41) is 6.87. The molecular weight excluding hydrogens is 576 g/mol. The van der Waals surface area contributed by atoms with Crippen molar-refractivity contribution in [2.45, 2.75) is 32.2 Å². The van der Waals surface area contributed by atoms with Crippen LogP contribution < -0.4 is 20.3 Å². The summed E-state index contributed by atoms with van der Waals surface area (Å²) in [7, 11) is 2.04. The normalized spacial score (nSPS) is 20.1. The average Bonchev–Trinajstić information content (AvgIpc) is 3.63. The first-order valence-electron chi connectivity index (χ1n) is 15.0. The van der Waals surface area contributed by atoms with E-state index < -0.39 is 0 Å². The number of nitrogens with one attached hydrogen (secondary N) is 2. The minimum Gasteiger partial charge on any atom is -0.457 e. The maximum absolute atomic E-state index is 13.7. The molecular formula is C33H34N6O4S. The highest BCUT2D eigenvalue weighted by molar-refractivity contribution is 7.21. The van der Waals surface area contributed by atoms with Crippen LogP contribution >= 0.6 is 11.3 Å². The number of para-hydroxylation sites is 1. The van der Waals surface area contributed by atoms with Crippen LogP contribution in [0, 0.1) is 12.8 Å². The molecule has 44 heavy (non-hydrogen) atoms. The van der Waals surface area contributed by atoms with Crippen LogP contribution in [0.5, 0.6) is 11.5 Å². The van der Waals surface area contributed by atoms with E-state index in [1.807, 2.05) is 67.4 Å². The predicted octanol–water partition coefficient (Wildman–Crippen LogP) is 5.75. The van der Waals surface area contributed by atoms with Gasteiger partial charge in [-0.1, -0.05) is 18.2 Å². The Kier molecular flexibility index (Phi) is 7.43. The first-order valence-corrected chi connectivity index (χ1v) is 15.8. The van der Waals surface area contributed by atoms with Gasteiger partial charge in [0.05, 0.1) is 28.4 Å². The Hall–Kier alpha value is -4.48. The van der Waals surface area contributed by atoms with Gasteiger partial charge >= 0.3 is 6.03 Å². The number of hydrogen-bond acceptors (Lipinski definition) is 7. The number of carbonyl (C=O) groups excluding carboxylic acids is 3. The molecule has 7 rings (SSSR count). The van der Waals surface area contributed by atoms with E-state index in [1.54, 1.807) is 17.2 Å². The van der Waals surface area contributed by atoms with Crippen molar-refractivity contribution in [3.8, 4) is 11.5 Å². The molecule has 4 aromatic rings. The lowest BCUT2D eigenvalue weighted by molar-refractivity contribution is -0.136. The molecule has 10 nitrogen and oxygen atoms in total. The fourth-order valence-electron chi connectivity index (χ4n) is 6.49. The van der Waals surface area contributed by atoms with Crippen molar-refractivity contribution >= 4 is 56.5 Å². The topological polar surface area (TPSA) is 107 Å². The molecule has 0 spiro atoms. The number of piperidine rings is 1. The highest BCUT2D eigenvalue weighted by Crippen LogP contribution is 2.46. The quantitative estimate of drug-likeness (QED) is 0.288.